The Morgan fingerprint density at radius 3 is 2.42 bits per heavy atom. The molecule has 19 heavy (non-hydrogen) atoms. The van der Waals surface area contributed by atoms with Gasteiger partial charge < -0.3 is 5.32 Å². The average molecular weight is 254 g/mol. The Bertz CT molecular complexity index is 517. The first-order chi connectivity index (χ1) is 9.19. The van der Waals surface area contributed by atoms with Gasteiger partial charge in [-0.2, -0.15) is 0 Å². The number of nitrogens with zero attached hydrogens (tertiary/aromatic N) is 1. The smallest absolute Gasteiger partial charge is 0.0336 e. The van der Waals surface area contributed by atoms with E-state index in [4.69, 9.17) is 0 Å². The molecule has 0 spiro atoms. The fourth-order valence-corrected chi connectivity index (χ4v) is 2.31. The van der Waals surface area contributed by atoms with Gasteiger partial charge in [0.05, 0.1) is 0 Å². The average Bonchev–Trinajstić information content (AvgIpc) is 2.42. The van der Waals surface area contributed by atoms with E-state index in [1.54, 1.807) is 0 Å². The Labute approximate surface area is 115 Å². The molecule has 0 amide bonds. The molecule has 0 aliphatic carbocycles. The number of hydrogen-bond donors (Lipinski definition) is 1. The molecule has 1 N–H and O–H groups in total. The number of benzene rings is 1. The molecule has 2 rings (SSSR count). The van der Waals surface area contributed by atoms with Gasteiger partial charge in [0.1, 0.15) is 0 Å². The maximum absolute atomic E-state index is 4.28. The van der Waals surface area contributed by atoms with Gasteiger partial charge in [0.2, 0.25) is 0 Å². The molecule has 2 heteroatoms. The fourth-order valence-electron chi connectivity index (χ4n) is 2.31. The SMILES string of the molecule is CNC(CCc1ccc(C)cc1)c1cncc(C)c1. The molecule has 0 aliphatic rings. The van der Waals surface area contributed by atoms with Crippen molar-refractivity contribution in [3.05, 3.63) is 65.0 Å². The van der Waals surface area contributed by atoms with Crippen LogP contribution in [0, 0.1) is 13.8 Å². The van der Waals surface area contributed by atoms with E-state index in [1.807, 2.05) is 19.4 Å². The first-order valence-electron chi connectivity index (χ1n) is 6.83. The van der Waals surface area contributed by atoms with E-state index < -0.39 is 0 Å². The predicted molar refractivity (Wildman–Crippen MR) is 80.3 cm³/mol. The highest BCUT2D eigenvalue weighted by atomic mass is 14.9. The maximum Gasteiger partial charge on any atom is 0.0336 e. The largest absolute Gasteiger partial charge is 0.313 e. The van der Waals surface area contributed by atoms with Crippen LogP contribution in [-0.4, -0.2) is 12.0 Å². The van der Waals surface area contributed by atoms with Gasteiger partial charge in [-0.25, -0.2) is 0 Å². The second kappa shape index (κ2) is 6.48. The van der Waals surface area contributed by atoms with Crippen LogP contribution in [0.4, 0.5) is 0 Å². The van der Waals surface area contributed by atoms with Crippen molar-refractivity contribution in [1.29, 1.82) is 0 Å². The normalized spacial score (nSPS) is 12.4. The number of rotatable bonds is 5. The van der Waals surface area contributed by atoms with E-state index in [0.717, 1.165) is 12.8 Å². The summed E-state index contributed by atoms with van der Waals surface area (Å²) in [6.07, 6.45) is 6.03. The van der Waals surface area contributed by atoms with E-state index in [0.29, 0.717) is 6.04 Å². The zero-order valence-corrected chi connectivity index (χ0v) is 12.0. The predicted octanol–water partition coefficient (Wildman–Crippen LogP) is 3.59. The minimum absolute atomic E-state index is 0.369. The molecule has 1 aromatic heterocycles. The Morgan fingerprint density at radius 1 is 1.05 bits per heavy atom. The molecular weight excluding hydrogens is 232 g/mol. The molecule has 1 atom stereocenters. The zero-order valence-electron chi connectivity index (χ0n) is 12.0. The third kappa shape index (κ3) is 3.90. The van der Waals surface area contributed by atoms with Crippen molar-refractivity contribution < 1.29 is 0 Å². The Kier molecular flexibility index (Phi) is 4.69. The topological polar surface area (TPSA) is 24.9 Å². The van der Waals surface area contributed by atoms with E-state index in [-0.39, 0.29) is 0 Å². The monoisotopic (exact) mass is 254 g/mol. The van der Waals surface area contributed by atoms with Gasteiger partial charge in [-0.1, -0.05) is 35.9 Å². The van der Waals surface area contributed by atoms with E-state index in [1.165, 1.54) is 22.3 Å². The third-order valence-electron chi connectivity index (χ3n) is 3.49. The van der Waals surface area contributed by atoms with E-state index in [2.05, 4.69) is 54.5 Å². The molecule has 2 aromatic rings. The summed E-state index contributed by atoms with van der Waals surface area (Å²) in [7, 11) is 2.02. The van der Waals surface area contributed by atoms with Crippen LogP contribution >= 0.6 is 0 Å². The minimum atomic E-state index is 0.369. The lowest BCUT2D eigenvalue weighted by Gasteiger charge is -2.16. The lowest BCUT2D eigenvalue weighted by molar-refractivity contribution is 0.547. The molecule has 1 heterocycles. The summed E-state index contributed by atoms with van der Waals surface area (Å²) < 4.78 is 0. The molecule has 1 aromatic carbocycles. The van der Waals surface area contributed by atoms with Crippen LogP contribution in [0.1, 0.15) is 34.7 Å². The van der Waals surface area contributed by atoms with Crippen LogP contribution in [0.5, 0.6) is 0 Å². The first kappa shape index (κ1) is 13.8. The minimum Gasteiger partial charge on any atom is -0.313 e. The second-order valence-corrected chi connectivity index (χ2v) is 5.16. The van der Waals surface area contributed by atoms with Crippen LogP contribution in [0.15, 0.2) is 42.7 Å². The molecular formula is C17H22N2. The van der Waals surface area contributed by atoms with Crippen molar-refractivity contribution in [2.45, 2.75) is 32.7 Å². The number of aryl methyl sites for hydroxylation is 3. The van der Waals surface area contributed by atoms with Gasteiger partial charge in [-0.15, -0.1) is 0 Å². The van der Waals surface area contributed by atoms with Crippen molar-refractivity contribution in [1.82, 2.24) is 10.3 Å². The van der Waals surface area contributed by atoms with Crippen molar-refractivity contribution in [2.75, 3.05) is 7.05 Å². The molecule has 0 saturated carbocycles. The van der Waals surface area contributed by atoms with Gasteiger partial charge in [0, 0.05) is 18.4 Å². The summed E-state index contributed by atoms with van der Waals surface area (Å²) in [6, 6.07) is 11.4. The Morgan fingerprint density at radius 2 is 1.79 bits per heavy atom. The molecule has 0 saturated heterocycles. The second-order valence-electron chi connectivity index (χ2n) is 5.16. The van der Waals surface area contributed by atoms with Crippen molar-refractivity contribution in [3.63, 3.8) is 0 Å². The summed E-state index contributed by atoms with van der Waals surface area (Å²) in [5.41, 5.74) is 5.20. The maximum atomic E-state index is 4.28. The number of hydrogen-bond acceptors (Lipinski definition) is 2. The van der Waals surface area contributed by atoms with Crippen molar-refractivity contribution >= 4 is 0 Å². The highest BCUT2D eigenvalue weighted by Gasteiger charge is 2.09. The lowest BCUT2D eigenvalue weighted by atomic mass is 9.99. The van der Waals surface area contributed by atoms with Gasteiger partial charge in [0.15, 0.2) is 0 Å². The lowest BCUT2D eigenvalue weighted by Crippen LogP contribution is -2.17. The molecule has 0 bridgehead atoms. The number of pyridine rings is 1. The summed E-state index contributed by atoms with van der Waals surface area (Å²) in [4.78, 5) is 4.28. The molecule has 100 valence electrons. The summed E-state index contributed by atoms with van der Waals surface area (Å²) in [6.45, 7) is 4.21. The number of nitrogens with one attached hydrogen (secondary N) is 1. The summed E-state index contributed by atoms with van der Waals surface area (Å²) in [5.74, 6) is 0. The molecule has 2 nitrogen and oxygen atoms in total. The highest BCUT2D eigenvalue weighted by Crippen LogP contribution is 2.19. The van der Waals surface area contributed by atoms with Crippen LogP contribution in [0.25, 0.3) is 0 Å². The first-order valence-corrected chi connectivity index (χ1v) is 6.83. The van der Waals surface area contributed by atoms with Crippen LogP contribution < -0.4 is 5.32 Å². The van der Waals surface area contributed by atoms with Crippen molar-refractivity contribution in [3.8, 4) is 0 Å². The van der Waals surface area contributed by atoms with Gasteiger partial charge in [0.25, 0.3) is 0 Å². The summed E-state index contributed by atoms with van der Waals surface area (Å²) in [5, 5.41) is 3.39. The van der Waals surface area contributed by atoms with Crippen LogP contribution in [-0.2, 0) is 6.42 Å². The fraction of sp³-hybridized carbons (Fsp3) is 0.353. The van der Waals surface area contributed by atoms with Gasteiger partial charge >= 0.3 is 0 Å². The standard InChI is InChI=1S/C17H22N2/c1-13-4-6-15(7-5-13)8-9-17(18-3)16-10-14(2)11-19-12-16/h4-7,10-12,17-18H,8-9H2,1-3H3. The molecule has 0 radical (unpaired) electrons. The molecule has 1 unspecified atom stereocenters. The van der Waals surface area contributed by atoms with E-state index in [9.17, 15) is 0 Å². The van der Waals surface area contributed by atoms with Gasteiger partial charge in [-0.3, -0.25) is 4.98 Å². The number of aromatic nitrogens is 1. The van der Waals surface area contributed by atoms with E-state index >= 15 is 0 Å². The Balaban J connectivity index is 2.01. The zero-order chi connectivity index (χ0) is 13.7. The quantitative estimate of drug-likeness (QED) is 0.882. The van der Waals surface area contributed by atoms with Gasteiger partial charge in [-0.05, 0) is 50.4 Å². The Hall–Kier alpha value is -1.67. The third-order valence-corrected chi connectivity index (χ3v) is 3.49. The van der Waals surface area contributed by atoms with Crippen LogP contribution in [0.3, 0.4) is 0 Å². The van der Waals surface area contributed by atoms with Crippen molar-refractivity contribution in [2.24, 2.45) is 0 Å². The summed E-state index contributed by atoms with van der Waals surface area (Å²) >= 11 is 0. The molecule has 0 fully saturated rings. The van der Waals surface area contributed by atoms with Crippen LogP contribution in [0.2, 0.25) is 0 Å². The highest BCUT2D eigenvalue weighted by molar-refractivity contribution is 5.23. The molecule has 0 aliphatic heterocycles.